The van der Waals surface area contributed by atoms with E-state index in [0.717, 1.165) is 50.3 Å². The summed E-state index contributed by atoms with van der Waals surface area (Å²) in [6, 6.07) is 5.78. The molecule has 0 saturated carbocycles. The fraction of sp³-hybridized carbons (Fsp3) is 0.609. The second kappa shape index (κ2) is 8.33. The predicted octanol–water partition coefficient (Wildman–Crippen LogP) is 0.696. The molecule has 31 heavy (non-hydrogen) atoms. The molecular weight excluding hydrogens is 396 g/mol. The third-order valence-corrected chi connectivity index (χ3v) is 7.34. The number of imide groups is 1. The summed E-state index contributed by atoms with van der Waals surface area (Å²) in [6.07, 6.45) is 4.09. The Labute approximate surface area is 182 Å². The van der Waals surface area contributed by atoms with Crippen LogP contribution in [-0.4, -0.2) is 61.0 Å². The van der Waals surface area contributed by atoms with Gasteiger partial charge < -0.3 is 20.3 Å². The van der Waals surface area contributed by atoms with Gasteiger partial charge in [0.15, 0.2) is 0 Å². The van der Waals surface area contributed by atoms with Crippen LogP contribution in [0.5, 0.6) is 0 Å². The molecule has 0 bridgehead atoms. The van der Waals surface area contributed by atoms with Gasteiger partial charge in [0, 0.05) is 57.4 Å². The van der Waals surface area contributed by atoms with E-state index in [9.17, 15) is 14.4 Å². The molecule has 1 spiro atoms. The minimum atomic E-state index is -0.572. The molecule has 3 fully saturated rings. The molecule has 4 aliphatic rings. The van der Waals surface area contributed by atoms with Gasteiger partial charge in [-0.2, -0.15) is 0 Å². The van der Waals surface area contributed by atoms with Crippen LogP contribution in [0.25, 0.3) is 0 Å². The Morgan fingerprint density at radius 3 is 2.84 bits per heavy atom. The molecule has 0 aliphatic carbocycles. The molecule has 1 aromatic carbocycles. The lowest BCUT2D eigenvalue weighted by Crippen LogP contribution is -2.52. The highest BCUT2D eigenvalue weighted by molar-refractivity contribution is 6.05. The summed E-state index contributed by atoms with van der Waals surface area (Å²) in [7, 11) is 0. The Hall–Kier alpha value is -2.29. The van der Waals surface area contributed by atoms with E-state index in [1.54, 1.807) is 4.90 Å². The Morgan fingerprint density at radius 2 is 2.03 bits per heavy atom. The number of fused-ring (bicyclic) bond motifs is 1. The topological polar surface area (TPSA) is 99.8 Å². The van der Waals surface area contributed by atoms with Crippen molar-refractivity contribution in [2.24, 2.45) is 5.41 Å². The van der Waals surface area contributed by atoms with Crippen LogP contribution in [0.4, 0.5) is 0 Å². The van der Waals surface area contributed by atoms with E-state index in [1.807, 2.05) is 18.2 Å². The highest BCUT2D eigenvalue weighted by Gasteiger charge is 2.41. The summed E-state index contributed by atoms with van der Waals surface area (Å²) in [5.41, 5.74) is 3.02. The van der Waals surface area contributed by atoms with Crippen LogP contribution < -0.4 is 16.0 Å². The first-order chi connectivity index (χ1) is 15.0. The zero-order valence-electron chi connectivity index (χ0n) is 17.7. The molecule has 2 unspecified atom stereocenters. The number of carbonyl (C=O) groups is 3. The van der Waals surface area contributed by atoms with Gasteiger partial charge >= 0.3 is 0 Å². The molecule has 0 aromatic heterocycles. The minimum absolute atomic E-state index is 0.109. The van der Waals surface area contributed by atoms with E-state index in [-0.39, 0.29) is 24.1 Å². The Balaban J connectivity index is 1.20. The molecule has 8 nitrogen and oxygen atoms in total. The molecule has 4 aliphatic heterocycles. The van der Waals surface area contributed by atoms with Crippen molar-refractivity contribution < 1.29 is 19.1 Å². The van der Waals surface area contributed by atoms with Crippen LogP contribution >= 0.6 is 0 Å². The van der Waals surface area contributed by atoms with E-state index in [1.165, 1.54) is 6.42 Å². The maximum atomic E-state index is 13.2. The zero-order valence-corrected chi connectivity index (χ0v) is 17.7. The molecule has 1 aromatic rings. The number of piperidine rings is 1. The fourth-order valence-electron chi connectivity index (χ4n) is 5.58. The Bertz CT molecular complexity index is 896. The van der Waals surface area contributed by atoms with Crippen molar-refractivity contribution in [3.63, 3.8) is 0 Å². The summed E-state index contributed by atoms with van der Waals surface area (Å²) >= 11 is 0. The van der Waals surface area contributed by atoms with Crippen molar-refractivity contribution in [3.8, 4) is 0 Å². The van der Waals surface area contributed by atoms with Crippen molar-refractivity contribution in [2.75, 3.05) is 26.3 Å². The molecule has 0 radical (unpaired) electrons. The zero-order chi connectivity index (χ0) is 21.4. The number of nitrogens with zero attached hydrogens (tertiary/aromatic N) is 1. The van der Waals surface area contributed by atoms with E-state index in [4.69, 9.17) is 4.74 Å². The Kier molecular flexibility index (Phi) is 5.54. The van der Waals surface area contributed by atoms with E-state index in [0.29, 0.717) is 36.5 Å². The standard InChI is InChI=1S/C23H30N4O4/c28-19-5-4-18(21(29)26-19)27-13-16-3-1-2-15(20(16)22(27)30)11-24-12-17-10-23(14-25-17)6-8-31-9-7-23/h1-3,17-18,24-25H,4-14H2,(H,26,28,29). The first-order valence-corrected chi connectivity index (χ1v) is 11.3. The predicted molar refractivity (Wildman–Crippen MR) is 113 cm³/mol. The third kappa shape index (κ3) is 4.00. The monoisotopic (exact) mass is 426 g/mol. The summed E-state index contributed by atoms with van der Waals surface area (Å²) in [5.74, 6) is -0.744. The summed E-state index contributed by atoms with van der Waals surface area (Å²) in [4.78, 5) is 38.5. The number of nitrogens with one attached hydrogen (secondary N) is 3. The van der Waals surface area contributed by atoms with Crippen LogP contribution in [0.15, 0.2) is 18.2 Å². The normalized spacial score (nSPS) is 27.6. The van der Waals surface area contributed by atoms with Crippen LogP contribution in [0, 0.1) is 5.41 Å². The van der Waals surface area contributed by atoms with Gasteiger partial charge in [-0.3, -0.25) is 19.7 Å². The van der Waals surface area contributed by atoms with Gasteiger partial charge in [-0.25, -0.2) is 0 Å². The molecule has 166 valence electrons. The van der Waals surface area contributed by atoms with Crippen LogP contribution in [0.3, 0.4) is 0 Å². The van der Waals surface area contributed by atoms with Crippen molar-refractivity contribution in [2.45, 2.75) is 57.3 Å². The molecule has 3 amide bonds. The number of hydrogen-bond acceptors (Lipinski definition) is 6. The molecule has 4 heterocycles. The smallest absolute Gasteiger partial charge is 0.255 e. The Morgan fingerprint density at radius 1 is 1.19 bits per heavy atom. The number of carbonyl (C=O) groups excluding carboxylic acids is 3. The summed E-state index contributed by atoms with van der Waals surface area (Å²) in [5, 5.41) is 9.55. The van der Waals surface area contributed by atoms with E-state index < -0.39 is 6.04 Å². The van der Waals surface area contributed by atoms with E-state index >= 15 is 0 Å². The first kappa shape index (κ1) is 20.6. The van der Waals surface area contributed by atoms with Gasteiger partial charge in [0.05, 0.1) is 0 Å². The first-order valence-electron chi connectivity index (χ1n) is 11.3. The average Bonchev–Trinajstić information content (AvgIpc) is 3.30. The highest BCUT2D eigenvalue weighted by Crippen LogP contribution is 2.38. The summed E-state index contributed by atoms with van der Waals surface area (Å²) < 4.78 is 5.53. The van der Waals surface area contributed by atoms with Gasteiger partial charge in [0.2, 0.25) is 11.8 Å². The minimum Gasteiger partial charge on any atom is -0.381 e. The second-order valence-corrected chi connectivity index (χ2v) is 9.38. The highest BCUT2D eigenvalue weighted by atomic mass is 16.5. The number of hydrogen-bond donors (Lipinski definition) is 3. The van der Waals surface area contributed by atoms with Gasteiger partial charge in [-0.15, -0.1) is 0 Å². The van der Waals surface area contributed by atoms with Crippen molar-refractivity contribution >= 4 is 17.7 Å². The quantitative estimate of drug-likeness (QED) is 0.600. The number of benzene rings is 1. The number of amides is 3. The van der Waals surface area contributed by atoms with Gasteiger partial charge in [-0.05, 0) is 42.2 Å². The maximum absolute atomic E-state index is 13.2. The van der Waals surface area contributed by atoms with Gasteiger partial charge in [0.1, 0.15) is 6.04 Å². The van der Waals surface area contributed by atoms with Crippen LogP contribution in [0.2, 0.25) is 0 Å². The maximum Gasteiger partial charge on any atom is 0.255 e. The van der Waals surface area contributed by atoms with Gasteiger partial charge in [0.25, 0.3) is 5.91 Å². The van der Waals surface area contributed by atoms with Crippen LogP contribution in [0.1, 0.15) is 53.6 Å². The third-order valence-electron chi connectivity index (χ3n) is 7.34. The number of ether oxygens (including phenoxy) is 1. The lowest BCUT2D eigenvalue weighted by molar-refractivity contribution is -0.136. The van der Waals surface area contributed by atoms with Crippen molar-refractivity contribution in [3.05, 3.63) is 34.9 Å². The fourth-order valence-corrected chi connectivity index (χ4v) is 5.58. The second-order valence-electron chi connectivity index (χ2n) is 9.38. The van der Waals surface area contributed by atoms with E-state index in [2.05, 4.69) is 16.0 Å². The summed E-state index contributed by atoms with van der Waals surface area (Å²) in [6.45, 7) is 4.68. The van der Waals surface area contributed by atoms with Crippen molar-refractivity contribution in [1.82, 2.24) is 20.9 Å². The van der Waals surface area contributed by atoms with Crippen molar-refractivity contribution in [1.29, 1.82) is 0 Å². The molecule has 8 heteroatoms. The lowest BCUT2D eigenvalue weighted by Gasteiger charge is -2.32. The van der Waals surface area contributed by atoms with Gasteiger partial charge in [-0.1, -0.05) is 18.2 Å². The average molecular weight is 427 g/mol. The molecule has 5 rings (SSSR count). The largest absolute Gasteiger partial charge is 0.381 e. The lowest BCUT2D eigenvalue weighted by atomic mass is 9.78. The molecular formula is C23H30N4O4. The number of rotatable bonds is 5. The molecule has 2 atom stereocenters. The van der Waals surface area contributed by atoms with Crippen LogP contribution in [-0.2, 0) is 27.4 Å². The molecule has 3 saturated heterocycles. The molecule has 3 N–H and O–H groups in total. The SMILES string of the molecule is O=C1CCC(N2Cc3cccc(CNCC4CC5(CCOCC5)CN4)c3C2=O)C(=O)N1.